The lowest BCUT2D eigenvalue weighted by Gasteiger charge is -2.29. The Kier molecular flexibility index (Phi) is 6.03. The van der Waals surface area contributed by atoms with Gasteiger partial charge in [0, 0.05) is 12.3 Å². The van der Waals surface area contributed by atoms with Crippen LogP contribution in [0.2, 0.25) is 0 Å². The number of benzene rings is 1. The lowest BCUT2D eigenvalue weighted by molar-refractivity contribution is 0.177. The van der Waals surface area contributed by atoms with Crippen molar-refractivity contribution in [3.05, 3.63) is 35.9 Å². The molecule has 1 aromatic rings. The molecule has 96 valence electrons. The minimum atomic E-state index is -0.335. The zero-order valence-corrected chi connectivity index (χ0v) is 11.8. The summed E-state index contributed by atoms with van der Waals surface area (Å²) in [5, 5.41) is 13.7. The highest BCUT2D eigenvalue weighted by Crippen LogP contribution is 2.19. The van der Waals surface area contributed by atoms with Crippen LogP contribution in [0.25, 0.3) is 0 Å². The van der Waals surface area contributed by atoms with Gasteiger partial charge in [0.05, 0.1) is 12.1 Å². The average molecular weight is 253 g/mol. The molecule has 0 amide bonds. The highest BCUT2D eigenvalue weighted by Gasteiger charge is 2.24. The van der Waals surface area contributed by atoms with E-state index >= 15 is 0 Å². The third-order valence-electron chi connectivity index (χ3n) is 2.80. The van der Waals surface area contributed by atoms with E-state index in [0.717, 1.165) is 17.9 Å². The quantitative estimate of drug-likeness (QED) is 0.733. The molecule has 0 heterocycles. The number of hydrogen-bond acceptors (Lipinski definition) is 3. The second-order valence-electron chi connectivity index (χ2n) is 4.70. The Balaban J connectivity index is 2.52. The molecule has 0 radical (unpaired) electrons. The molecule has 2 nitrogen and oxygen atoms in total. The predicted molar refractivity (Wildman–Crippen MR) is 76.5 cm³/mol. The fraction of sp³-hybridized carbons (Fsp3) is 0.571. The highest BCUT2D eigenvalue weighted by atomic mass is 32.2. The van der Waals surface area contributed by atoms with Crippen LogP contribution in [-0.2, 0) is 5.54 Å². The summed E-state index contributed by atoms with van der Waals surface area (Å²) in [5.74, 6) is 1.07. The SMILES string of the molecule is CC(C)SCCN[C@@](C)(CO)c1ccccc1. The van der Waals surface area contributed by atoms with Crippen molar-refractivity contribution >= 4 is 11.8 Å². The topological polar surface area (TPSA) is 32.3 Å². The summed E-state index contributed by atoms with van der Waals surface area (Å²) in [6.45, 7) is 7.47. The lowest BCUT2D eigenvalue weighted by atomic mass is 9.93. The molecule has 17 heavy (non-hydrogen) atoms. The summed E-state index contributed by atoms with van der Waals surface area (Å²) < 4.78 is 0. The molecule has 0 aromatic heterocycles. The van der Waals surface area contributed by atoms with Gasteiger partial charge in [-0.25, -0.2) is 0 Å². The van der Waals surface area contributed by atoms with Gasteiger partial charge < -0.3 is 10.4 Å². The van der Waals surface area contributed by atoms with Gasteiger partial charge in [0.2, 0.25) is 0 Å². The maximum atomic E-state index is 9.58. The second-order valence-corrected chi connectivity index (χ2v) is 6.39. The molecule has 0 unspecified atom stereocenters. The minimum absolute atomic E-state index is 0.114. The van der Waals surface area contributed by atoms with E-state index in [9.17, 15) is 5.11 Å². The summed E-state index contributed by atoms with van der Waals surface area (Å²) in [4.78, 5) is 0. The van der Waals surface area contributed by atoms with Gasteiger partial charge in [0.1, 0.15) is 0 Å². The average Bonchev–Trinajstić information content (AvgIpc) is 2.35. The van der Waals surface area contributed by atoms with E-state index in [2.05, 4.69) is 31.3 Å². The van der Waals surface area contributed by atoms with Crippen LogP contribution in [-0.4, -0.2) is 29.3 Å². The largest absolute Gasteiger partial charge is 0.394 e. The molecule has 0 saturated carbocycles. The van der Waals surface area contributed by atoms with Gasteiger partial charge in [-0.2, -0.15) is 11.8 Å². The van der Waals surface area contributed by atoms with Crippen LogP contribution < -0.4 is 5.32 Å². The molecule has 1 atom stereocenters. The van der Waals surface area contributed by atoms with Crippen molar-refractivity contribution in [1.82, 2.24) is 5.32 Å². The zero-order valence-electron chi connectivity index (χ0n) is 10.9. The van der Waals surface area contributed by atoms with Crippen molar-refractivity contribution in [3.63, 3.8) is 0 Å². The van der Waals surface area contributed by atoms with Gasteiger partial charge in [-0.15, -0.1) is 0 Å². The summed E-state index contributed by atoms with van der Waals surface area (Å²) >= 11 is 1.93. The predicted octanol–water partition coefficient (Wildman–Crippen LogP) is 2.63. The number of aliphatic hydroxyl groups excluding tert-OH is 1. The van der Waals surface area contributed by atoms with Crippen molar-refractivity contribution in [2.45, 2.75) is 31.6 Å². The fourth-order valence-electron chi connectivity index (χ4n) is 1.68. The molecule has 0 aliphatic rings. The van der Waals surface area contributed by atoms with Gasteiger partial charge in [-0.1, -0.05) is 44.2 Å². The first kappa shape index (κ1) is 14.6. The van der Waals surface area contributed by atoms with Crippen LogP contribution in [0.4, 0.5) is 0 Å². The molecule has 0 saturated heterocycles. The zero-order chi connectivity index (χ0) is 12.7. The highest BCUT2D eigenvalue weighted by molar-refractivity contribution is 7.99. The van der Waals surface area contributed by atoms with E-state index in [4.69, 9.17) is 0 Å². The molecule has 0 spiro atoms. The van der Waals surface area contributed by atoms with Gasteiger partial charge in [-0.05, 0) is 17.7 Å². The molecule has 3 heteroatoms. The normalized spacial score (nSPS) is 14.9. The Hall–Kier alpha value is -0.510. The first-order chi connectivity index (χ1) is 8.08. The maximum absolute atomic E-state index is 9.58. The summed E-state index contributed by atoms with van der Waals surface area (Å²) in [7, 11) is 0. The van der Waals surface area contributed by atoms with Gasteiger partial charge in [-0.3, -0.25) is 0 Å². The van der Waals surface area contributed by atoms with E-state index in [-0.39, 0.29) is 12.1 Å². The van der Waals surface area contributed by atoms with Crippen LogP contribution in [0.1, 0.15) is 26.3 Å². The number of aliphatic hydroxyl groups is 1. The second kappa shape index (κ2) is 7.04. The third kappa shape index (κ3) is 4.70. The number of nitrogens with one attached hydrogen (secondary N) is 1. The number of thioether (sulfide) groups is 1. The summed E-state index contributed by atoms with van der Waals surface area (Å²) in [5.41, 5.74) is 0.802. The number of hydrogen-bond donors (Lipinski definition) is 2. The molecule has 0 aliphatic heterocycles. The molecule has 1 aromatic carbocycles. The van der Waals surface area contributed by atoms with E-state index in [1.54, 1.807) is 0 Å². The monoisotopic (exact) mass is 253 g/mol. The maximum Gasteiger partial charge on any atom is 0.0652 e. The smallest absolute Gasteiger partial charge is 0.0652 e. The van der Waals surface area contributed by atoms with Crippen LogP contribution in [0.5, 0.6) is 0 Å². The molecule has 0 bridgehead atoms. The Morgan fingerprint density at radius 1 is 1.29 bits per heavy atom. The molecule has 1 rings (SSSR count). The van der Waals surface area contributed by atoms with Crippen LogP contribution >= 0.6 is 11.8 Å². The van der Waals surface area contributed by atoms with E-state index in [0.29, 0.717) is 5.25 Å². The first-order valence-corrected chi connectivity index (χ1v) is 7.16. The Bertz CT molecular complexity index is 315. The van der Waals surface area contributed by atoms with E-state index in [1.165, 1.54) is 0 Å². The summed E-state index contributed by atoms with van der Waals surface area (Å²) in [6, 6.07) is 10.1. The Morgan fingerprint density at radius 2 is 1.94 bits per heavy atom. The van der Waals surface area contributed by atoms with Crippen molar-refractivity contribution < 1.29 is 5.11 Å². The van der Waals surface area contributed by atoms with E-state index in [1.807, 2.05) is 36.9 Å². The standard InChI is InChI=1S/C14H23NOS/c1-12(2)17-10-9-15-14(3,11-16)13-7-5-4-6-8-13/h4-8,12,15-16H,9-11H2,1-3H3/t14-/m0/s1. The van der Waals surface area contributed by atoms with Crippen molar-refractivity contribution in [2.24, 2.45) is 0 Å². The van der Waals surface area contributed by atoms with Gasteiger partial charge in [0.25, 0.3) is 0 Å². The molecule has 0 aliphatic carbocycles. The van der Waals surface area contributed by atoms with Gasteiger partial charge >= 0.3 is 0 Å². The van der Waals surface area contributed by atoms with Crippen molar-refractivity contribution in [2.75, 3.05) is 18.9 Å². The first-order valence-electron chi connectivity index (χ1n) is 6.11. The third-order valence-corrected chi connectivity index (χ3v) is 3.90. The molecule has 0 fully saturated rings. The van der Waals surface area contributed by atoms with Crippen molar-refractivity contribution in [3.8, 4) is 0 Å². The van der Waals surface area contributed by atoms with Crippen LogP contribution in [0.15, 0.2) is 30.3 Å². The van der Waals surface area contributed by atoms with Crippen LogP contribution in [0.3, 0.4) is 0 Å². The Morgan fingerprint density at radius 3 is 2.47 bits per heavy atom. The minimum Gasteiger partial charge on any atom is -0.394 e. The van der Waals surface area contributed by atoms with Gasteiger partial charge in [0.15, 0.2) is 0 Å². The van der Waals surface area contributed by atoms with Crippen molar-refractivity contribution in [1.29, 1.82) is 0 Å². The molecule has 2 N–H and O–H groups in total. The summed E-state index contributed by atoms with van der Waals surface area (Å²) in [6.07, 6.45) is 0. The lowest BCUT2D eigenvalue weighted by Crippen LogP contribution is -2.44. The molecular formula is C14H23NOS. The number of rotatable bonds is 7. The Labute approximate surface area is 109 Å². The fourth-order valence-corrected chi connectivity index (χ4v) is 2.37. The van der Waals surface area contributed by atoms with Crippen LogP contribution in [0, 0.1) is 0 Å². The molecular weight excluding hydrogens is 230 g/mol. The van der Waals surface area contributed by atoms with E-state index < -0.39 is 0 Å².